The molecule has 0 amide bonds. The maximum Gasteiger partial charge on any atom is 0.337 e. The summed E-state index contributed by atoms with van der Waals surface area (Å²) in [5.74, 6) is -0.734. The van der Waals surface area contributed by atoms with Gasteiger partial charge in [0.2, 0.25) is 0 Å². The molecule has 0 fully saturated rings. The molecule has 2 aromatic rings. The molecule has 0 N–H and O–H groups in total. The molecule has 1 heterocycles. The van der Waals surface area contributed by atoms with Gasteiger partial charge in [0.15, 0.2) is 0 Å². The van der Waals surface area contributed by atoms with Crippen LogP contribution in [0.1, 0.15) is 52.7 Å². The van der Waals surface area contributed by atoms with Gasteiger partial charge in [-0.3, -0.25) is 15.0 Å². The lowest BCUT2D eigenvalue weighted by Crippen LogP contribution is -2.47. The van der Waals surface area contributed by atoms with Crippen LogP contribution < -0.4 is 0 Å². The van der Waals surface area contributed by atoms with E-state index in [1.165, 1.54) is 12.1 Å². The fourth-order valence-corrected chi connectivity index (χ4v) is 7.05. The zero-order valence-corrected chi connectivity index (χ0v) is 25.1. The van der Waals surface area contributed by atoms with E-state index < -0.39 is 24.8 Å². The van der Waals surface area contributed by atoms with Crippen molar-refractivity contribution in [2.45, 2.75) is 59.5 Å². The summed E-state index contributed by atoms with van der Waals surface area (Å²) in [6.07, 6.45) is 0. The molecule has 8 nitrogen and oxygen atoms in total. The number of non-ortho nitro benzene ring substituents is 1. The summed E-state index contributed by atoms with van der Waals surface area (Å²) in [7, 11) is 0.519. The number of ether oxygens (including phenoxy) is 1. The lowest BCUT2D eigenvalue weighted by molar-refractivity contribution is -0.385. The van der Waals surface area contributed by atoms with E-state index in [9.17, 15) is 19.5 Å². The van der Waals surface area contributed by atoms with Crippen LogP contribution >= 0.6 is 8.46 Å². The molecule has 0 spiro atoms. The van der Waals surface area contributed by atoms with Crippen molar-refractivity contribution in [3.8, 4) is 0 Å². The van der Waals surface area contributed by atoms with Crippen LogP contribution in [0.2, 0.25) is 0 Å². The number of carbonyl (C=O) groups is 1. The Morgan fingerprint density at radius 3 is 2.31 bits per heavy atom. The van der Waals surface area contributed by atoms with Gasteiger partial charge in [0, 0.05) is 48.0 Å². The third-order valence-corrected chi connectivity index (χ3v) is 8.62. The van der Waals surface area contributed by atoms with Crippen LogP contribution in [-0.4, -0.2) is 46.9 Å². The third-order valence-electron chi connectivity index (χ3n) is 7.51. The van der Waals surface area contributed by atoms with Gasteiger partial charge in [0.25, 0.3) is 5.69 Å². The summed E-state index contributed by atoms with van der Waals surface area (Å²) in [6.45, 7) is 13.2. The fraction of sp³-hybridized carbons (Fsp3) is 0.433. The second-order valence-corrected chi connectivity index (χ2v) is 11.5. The first-order valence-electron chi connectivity index (χ1n) is 13.3. The molecular formula is C30H40N3O5P. The van der Waals surface area contributed by atoms with Crippen LogP contribution in [0.25, 0.3) is 0 Å². The highest BCUT2D eigenvalue weighted by Crippen LogP contribution is 2.56. The Morgan fingerprint density at radius 2 is 1.74 bits per heavy atom. The molecule has 9 heteroatoms. The zero-order valence-electron chi connectivity index (χ0n) is 23.9. The highest BCUT2D eigenvalue weighted by atomic mass is 31.1. The van der Waals surface area contributed by atoms with Gasteiger partial charge in [-0.1, -0.05) is 56.3 Å². The number of esters is 1. The molecule has 1 aliphatic heterocycles. The van der Waals surface area contributed by atoms with E-state index in [1.807, 2.05) is 71.7 Å². The third kappa shape index (κ3) is 6.02. The Morgan fingerprint density at radius 1 is 1.08 bits per heavy atom. The topological polar surface area (TPSA) is 93.0 Å². The van der Waals surface area contributed by atoms with Crippen molar-refractivity contribution < 1.29 is 19.0 Å². The van der Waals surface area contributed by atoms with E-state index in [1.54, 1.807) is 12.1 Å². The van der Waals surface area contributed by atoms with Crippen LogP contribution in [0.15, 0.2) is 76.9 Å². The first kappa shape index (κ1) is 30.3. The van der Waals surface area contributed by atoms with Crippen LogP contribution in [0.5, 0.6) is 0 Å². The minimum atomic E-state index is -1.45. The average molecular weight is 554 g/mol. The maximum atomic E-state index is 14.0. The lowest BCUT2D eigenvalue weighted by atomic mass is 9.63. The van der Waals surface area contributed by atoms with Crippen molar-refractivity contribution in [2.75, 3.05) is 20.2 Å². The smallest absolute Gasteiger partial charge is 0.337 e. The molecule has 39 heavy (non-hydrogen) atoms. The molecule has 0 saturated carbocycles. The molecular weight excluding hydrogens is 513 g/mol. The van der Waals surface area contributed by atoms with Crippen molar-refractivity contribution in [3.05, 3.63) is 98.1 Å². The second-order valence-electron chi connectivity index (χ2n) is 10.7. The number of hydrogen-bond acceptors (Lipinski definition) is 7. The SMILES string of the molecule is CC1=C([PH2]=O)C(c2cccc([N+](=O)[O-])c2)(C(C)C)C(C(=O)OCCN(C)Cc2ccccc2)=C(C)N1C(C)C. The Hall–Kier alpha value is -3.22. The molecule has 210 valence electrons. The minimum Gasteiger partial charge on any atom is -0.461 e. The van der Waals surface area contributed by atoms with Crippen molar-refractivity contribution in [3.63, 3.8) is 0 Å². The standard InChI is InChI=1S/C30H40N3O5P/c1-20(2)30(25-14-11-15-26(18-25)33(35)36)27(22(5)32(21(3)4)23(6)28(30)39-37)29(34)38-17-16-31(7)19-24-12-9-8-10-13-24/h8-15,18,20-21H,16-17,19,39H2,1-7H3. The molecule has 2 atom stereocenters. The molecule has 2 unspecified atom stereocenters. The Labute approximate surface area is 232 Å². The summed E-state index contributed by atoms with van der Waals surface area (Å²) in [6, 6.07) is 16.4. The fourth-order valence-electron chi connectivity index (χ4n) is 5.91. The summed E-state index contributed by atoms with van der Waals surface area (Å²) in [4.78, 5) is 29.4. The van der Waals surface area contributed by atoms with Crippen LogP contribution in [0.3, 0.4) is 0 Å². The first-order chi connectivity index (χ1) is 18.5. The van der Waals surface area contributed by atoms with E-state index in [0.29, 0.717) is 28.7 Å². The summed E-state index contributed by atoms with van der Waals surface area (Å²) < 4.78 is 18.9. The number of rotatable bonds is 11. The number of nitro benzene ring substituents is 1. The average Bonchev–Trinajstić information content (AvgIpc) is 2.88. The van der Waals surface area contributed by atoms with Gasteiger partial charge in [-0.2, -0.15) is 0 Å². The molecule has 0 aromatic heterocycles. The quantitative estimate of drug-likeness (QED) is 0.143. The highest BCUT2D eigenvalue weighted by molar-refractivity contribution is 7.29. The molecule has 0 saturated heterocycles. The van der Waals surface area contributed by atoms with Crippen molar-refractivity contribution in [1.82, 2.24) is 9.80 Å². The van der Waals surface area contributed by atoms with E-state index in [-0.39, 0.29) is 24.3 Å². The van der Waals surface area contributed by atoms with Crippen molar-refractivity contribution >= 4 is 20.1 Å². The Balaban J connectivity index is 2.07. The zero-order chi connectivity index (χ0) is 28.9. The maximum absolute atomic E-state index is 14.0. The van der Waals surface area contributed by atoms with Gasteiger partial charge in [0.1, 0.15) is 6.61 Å². The largest absolute Gasteiger partial charge is 0.461 e. The van der Waals surface area contributed by atoms with E-state index >= 15 is 0 Å². The molecule has 0 bridgehead atoms. The summed E-state index contributed by atoms with van der Waals surface area (Å²) >= 11 is 0. The second kappa shape index (κ2) is 12.8. The number of nitrogens with zero attached hydrogens (tertiary/aromatic N) is 3. The predicted molar refractivity (Wildman–Crippen MR) is 156 cm³/mol. The first-order valence-corrected chi connectivity index (χ1v) is 14.3. The van der Waals surface area contributed by atoms with Crippen molar-refractivity contribution in [2.24, 2.45) is 5.92 Å². The van der Waals surface area contributed by atoms with Crippen LogP contribution in [0, 0.1) is 16.0 Å². The molecule has 0 radical (unpaired) electrons. The number of allylic oxidation sites excluding steroid dienone is 3. The molecule has 0 aliphatic carbocycles. The number of benzene rings is 2. The predicted octanol–water partition coefficient (Wildman–Crippen LogP) is 6.15. The highest BCUT2D eigenvalue weighted by Gasteiger charge is 2.52. The molecule has 2 aromatic carbocycles. The summed E-state index contributed by atoms with van der Waals surface area (Å²) in [5, 5.41) is 12.3. The van der Waals surface area contributed by atoms with Gasteiger partial charge < -0.3 is 14.2 Å². The molecule has 3 rings (SSSR count). The summed E-state index contributed by atoms with van der Waals surface area (Å²) in [5.41, 5.74) is 2.44. The van der Waals surface area contributed by atoms with Gasteiger partial charge >= 0.3 is 5.97 Å². The van der Waals surface area contributed by atoms with E-state index in [2.05, 4.69) is 17.0 Å². The van der Waals surface area contributed by atoms with Gasteiger partial charge in [-0.05, 0) is 51.8 Å². The van der Waals surface area contributed by atoms with Crippen LogP contribution in [0.4, 0.5) is 5.69 Å². The Bertz CT molecular complexity index is 1290. The van der Waals surface area contributed by atoms with Gasteiger partial charge in [-0.25, -0.2) is 4.79 Å². The minimum absolute atomic E-state index is 0.000951. The lowest BCUT2D eigenvalue weighted by Gasteiger charge is -2.48. The number of nitro groups is 1. The Kier molecular flexibility index (Phi) is 9.92. The monoisotopic (exact) mass is 553 g/mol. The molecule has 1 aliphatic rings. The number of carbonyl (C=O) groups excluding carboxylic acids is 1. The van der Waals surface area contributed by atoms with Crippen LogP contribution in [-0.2, 0) is 26.1 Å². The number of hydrogen-bond donors (Lipinski definition) is 0. The van der Waals surface area contributed by atoms with Gasteiger partial charge in [0.05, 0.1) is 24.4 Å². The number of likely N-dealkylation sites (N-methyl/N-ethyl adjacent to an activating group) is 1. The normalized spacial score (nSPS) is 18.3. The van der Waals surface area contributed by atoms with Crippen molar-refractivity contribution in [1.29, 1.82) is 0 Å². The van der Waals surface area contributed by atoms with Gasteiger partial charge in [-0.15, -0.1) is 0 Å². The van der Waals surface area contributed by atoms with E-state index in [4.69, 9.17) is 4.74 Å². The van der Waals surface area contributed by atoms with E-state index in [0.717, 1.165) is 17.8 Å².